The largest absolute Gasteiger partial charge is 0.319 e. The van der Waals surface area contributed by atoms with E-state index >= 15 is 0 Å². The molecule has 0 radical (unpaired) electrons. The van der Waals surface area contributed by atoms with Gasteiger partial charge < -0.3 is 10.3 Å². The van der Waals surface area contributed by atoms with Crippen LogP contribution in [0.3, 0.4) is 0 Å². The Bertz CT molecular complexity index is 803. The molecule has 19 heavy (non-hydrogen) atoms. The van der Waals surface area contributed by atoms with Crippen LogP contribution in [-0.4, -0.2) is 21.1 Å². The highest BCUT2D eigenvalue weighted by Crippen LogP contribution is 2.20. The number of benzene rings is 1. The molecule has 3 N–H and O–H groups in total. The van der Waals surface area contributed by atoms with E-state index < -0.39 is 0 Å². The standard InChI is InChI=1S/C13H10N4O2/c18-11-6-2-5-10(15-11)13(19)16-9-4-1-3-8-7-14-17-12(8)9/h1-7H,(H,14,17)(H,15,18)(H,16,19). The molecule has 0 unspecified atom stereocenters. The van der Waals surface area contributed by atoms with Gasteiger partial charge in [-0.25, -0.2) is 0 Å². The quantitative estimate of drug-likeness (QED) is 0.647. The molecule has 3 aromatic rings. The van der Waals surface area contributed by atoms with E-state index in [0.29, 0.717) is 5.69 Å². The van der Waals surface area contributed by atoms with Crippen molar-refractivity contribution in [2.75, 3.05) is 5.32 Å². The van der Waals surface area contributed by atoms with Crippen LogP contribution in [0.2, 0.25) is 0 Å². The van der Waals surface area contributed by atoms with E-state index in [-0.39, 0.29) is 17.2 Å². The van der Waals surface area contributed by atoms with Gasteiger partial charge in [-0.05, 0) is 12.1 Å². The van der Waals surface area contributed by atoms with Gasteiger partial charge in [-0.2, -0.15) is 5.10 Å². The summed E-state index contributed by atoms with van der Waals surface area (Å²) in [4.78, 5) is 25.7. The van der Waals surface area contributed by atoms with Crippen LogP contribution in [0.4, 0.5) is 5.69 Å². The number of pyridine rings is 1. The third-order valence-electron chi connectivity index (χ3n) is 2.74. The van der Waals surface area contributed by atoms with Crippen molar-refractivity contribution in [2.24, 2.45) is 0 Å². The van der Waals surface area contributed by atoms with Gasteiger partial charge in [-0.15, -0.1) is 0 Å². The van der Waals surface area contributed by atoms with Crippen molar-refractivity contribution < 1.29 is 4.79 Å². The second-order valence-electron chi connectivity index (χ2n) is 4.02. The van der Waals surface area contributed by atoms with Crippen molar-refractivity contribution in [3.63, 3.8) is 0 Å². The number of hydrogen-bond acceptors (Lipinski definition) is 3. The molecule has 0 aliphatic rings. The molecule has 2 aromatic heterocycles. The van der Waals surface area contributed by atoms with E-state index in [1.54, 1.807) is 18.3 Å². The van der Waals surface area contributed by atoms with E-state index in [9.17, 15) is 9.59 Å². The van der Waals surface area contributed by atoms with E-state index in [1.807, 2.05) is 12.1 Å². The van der Waals surface area contributed by atoms with E-state index in [2.05, 4.69) is 20.5 Å². The molecule has 0 saturated heterocycles. The lowest BCUT2D eigenvalue weighted by molar-refractivity contribution is 0.102. The first-order valence-electron chi connectivity index (χ1n) is 5.67. The zero-order chi connectivity index (χ0) is 13.2. The Morgan fingerprint density at radius 2 is 2.00 bits per heavy atom. The molecule has 0 spiro atoms. The number of para-hydroxylation sites is 1. The van der Waals surface area contributed by atoms with Gasteiger partial charge in [0, 0.05) is 11.5 Å². The molecular weight excluding hydrogens is 244 g/mol. The molecule has 3 rings (SSSR count). The van der Waals surface area contributed by atoms with Gasteiger partial charge in [0.25, 0.3) is 5.91 Å². The van der Waals surface area contributed by atoms with Crippen molar-refractivity contribution in [1.29, 1.82) is 0 Å². The summed E-state index contributed by atoms with van der Waals surface area (Å²) in [7, 11) is 0. The Hall–Kier alpha value is -2.89. The molecular formula is C13H10N4O2. The van der Waals surface area contributed by atoms with Crippen LogP contribution < -0.4 is 10.9 Å². The minimum absolute atomic E-state index is 0.212. The highest BCUT2D eigenvalue weighted by molar-refractivity contribution is 6.07. The van der Waals surface area contributed by atoms with Crippen LogP contribution in [0.5, 0.6) is 0 Å². The van der Waals surface area contributed by atoms with Crippen molar-refractivity contribution in [1.82, 2.24) is 15.2 Å². The van der Waals surface area contributed by atoms with Crippen molar-refractivity contribution >= 4 is 22.5 Å². The van der Waals surface area contributed by atoms with Crippen LogP contribution in [0.1, 0.15) is 10.5 Å². The molecule has 1 amide bonds. The Morgan fingerprint density at radius 1 is 1.16 bits per heavy atom. The summed E-state index contributed by atoms with van der Waals surface area (Å²) in [5, 5.41) is 10.4. The molecule has 0 atom stereocenters. The first kappa shape index (κ1) is 11.2. The maximum Gasteiger partial charge on any atom is 0.272 e. The van der Waals surface area contributed by atoms with Crippen LogP contribution >= 0.6 is 0 Å². The molecule has 0 saturated carbocycles. The van der Waals surface area contributed by atoms with Crippen molar-refractivity contribution in [2.45, 2.75) is 0 Å². The summed E-state index contributed by atoms with van der Waals surface area (Å²) in [6.07, 6.45) is 1.68. The Kier molecular flexibility index (Phi) is 2.60. The average Bonchev–Trinajstić information content (AvgIpc) is 2.88. The lowest BCUT2D eigenvalue weighted by Crippen LogP contribution is -2.18. The molecule has 0 aliphatic carbocycles. The molecule has 6 heteroatoms. The Balaban J connectivity index is 1.95. The van der Waals surface area contributed by atoms with E-state index in [0.717, 1.165) is 10.9 Å². The lowest BCUT2D eigenvalue weighted by atomic mass is 10.2. The highest BCUT2D eigenvalue weighted by Gasteiger charge is 2.09. The Labute approximate surface area is 107 Å². The number of aromatic amines is 2. The Morgan fingerprint density at radius 3 is 2.84 bits per heavy atom. The number of nitrogens with one attached hydrogen (secondary N) is 3. The van der Waals surface area contributed by atoms with Crippen LogP contribution in [0, 0.1) is 0 Å². The molecule has 0 fully saturated rings. The second-order valence-corrected chi connectivity index (χ2v) is 4.02. The predicted molar refractivity (Wildman–Crippen MR) is 71.1 cm³/mol. The van der Waals surface area contributed by atoms with Gasteiger partial charge in [0.2, 0.25) is 5.56 Å². The average molecular weight is 254 g/mol. The summed E-state index contributed by atoms with van der Waals surface area (Å²) in [6, 6.07) is 9.90. The number of anilines is 1. The first-order valence-corrected chi connectivity index (χ1v) is 5.67. The van der Waals surface area contributed by atoms with Gasteiger partial charge >= 0.3 is 0 Å². The normalized spacial score (nSPS) is 10.5. The molecule has 94 valence electrons. The summed E-state index contributed by atoms with van der Waals surface area (Å²) in [6.45, 7) is 0. The van der Waals surface area contributed by atoms with Crippen molar-refractivity contribution in [3.8, 4) is 0 Å². The third kappa shape index (κ3) is 2.11. The maximum absolute atomic E-state index is 12.0. The van der Waals surface area contributed by atoms with Crippen LogP contribution in [-0.2, 0) is 0 Å². The number of nitrogens with zero attached hydrogens (tertiary/aromatic N) is 1. The minimum atomic E-state index is -0.375. The number of amides is 1. The molecule has 1 aromatic carbocycles. The minimum Gasteiger partial charge on any atom is -0.319 e. The van der Waals surface area contributed by atoms with Gasteiger partial charge in [-0.1, -0.05) is 18.2 Å². The molecule has 6 nitrogen and oxygen atoms in total. The van der Waals surface area contributed by atoms with Gasteiger partial charge in [0.15, 0.2) is 0 Å². The number of rotatable bonds is 2. The number of carbonyl (C=O) groups is 1. The molecule has 2 heterocycles. The molecule has 0 aliphatic heterocycles. The third-order valence-corrected chi connectivity index (χ3v) is 2.74. The van der Waals surface area contributed by atoms with Gasteiger partial charge in [0.1, 0.15) is 5.69 Å². The van der Waals surface area contributed by atoms with E-state index in [4.69, 9.17) is 0 Å². The molecule has 0 bridgehead atoms. The summed E-state index contributed by atoms with van der Waals surface area (Å²) < 4.78 is 0. The number of fused-ring (bicyclic) bond motifs is 1. The van der Waals surface area contributed by atoms with Crippen molar-refractivity contribution in [3.05, 3.63) is 58.6 Å². The number of aromatic nitrogens is 3. The fraction of sp³-hybridized carbons (Fsp3) is 0. The topological polar surface area (TPSA) is 90.6 Å². The monoisotopic (exact) mass is 254 g/mol. The fourth-order valence-corrected chi connectivity index (χ4v) is 1.84. The second kappa shape index (κ2) is 4.41. The number of carbonyl (C=O) groups excluding carboxylic acids is 1. The fourth-order valence-electron chi connectivity index (χ4n) is 1.84. The summed E-state index contributed by atoms with van der Waals surface area (Å²) in [5.41, 5.74) is 1.26. The number of H-pyrrole nitrogens is 2. The lowest BCUT2D eigenvalue weighted by Gasteiger charge is -2.05. The highest BCUT2D eigenvalue weighted by atomic mass is 16.2. The maximum atomic E-state index is 12.0. The van der Waals surface area contributed by atoms with Gasteiger partial charge in [-0.3, -0.25) is 14.7 Å². The van der Waals surface area contributed by atoms with Crippen LogP contribution in [0.25, 0.3) is 10.9 Å². The summed E-state index contributed by atoms with van der Waals surface area (Å²) in [5.74, 6) is -0.375. The first-order chi connectivity index (χ1) is 9.24. The van der Waals surface area contributed by atoms with Crippen LogP contribution in [0.15, 0.2) is 47.4 Å². The van der Waals surface area contributed by atoms with Gasteiger partial charge in [0.05, 0.1) is 17.4 Å². The smallest absolute Gasteiger partial charge is 0.272 e. The number of hydrogen-bond donors (Lipinski definition) is 3. The predicted octanol–water partition coefficient (Wildman–Crippen LogP) is 1.50. The van der Waals surface area contributed by atoms with E-state index in [1.165, 1.54) is 12.1 Å². The SMILES string of the molecule is O=C(Nc1cccc2cn[nH]c12)c1cccc(=O)[nH]1. The summed E-state index contributed by atoms with van der Waals surface area (Å²) >= 11 is 0. The zero-order valence-electron chi connectivity index (χ0n) is 9.81. The zero-order valence-corrected chi connectivity index (χ0v) is 9.81.